The van der Waals surface area contributed by atoms with Crippen LogP contribution in [-0.4, -0.2) is 0 Å². The maximum atomic E-state index is 6.13. The molecule has 0 heterocycles. The summed E-state index contributed by atoms with van der Waals surface area (Å²) in [6.07, 6.45) is 3.04. The number of rotatable bonds is 4. The van der Waals surface area contributed by atoms with Crippen LogP contribution in [0.25, 0.3) is 0 Å². The second-order valence-electron chi connectivity index (χ2n) is 4.22. The summed E-state index contributed by atoms with van der Waals surface area (Å²) in [6, 6.07) is 13.6. The summed E-state index contributed by atoms with van der Waals surface area (Å²) in [4.78, 5) is 0. The molecule has 0 fully saturated rings. The molecule has 0 amide bonds. The van der Waals surface area contributed by atoms with Gasteiger partial charge in [-0.3, -0.25) is 0 Å². The van der Waals surface area contributed by atoms with Crippen LogP contribution in [-0.2, 0) is 12.8 Å². The van der Waals surface area contributed by atoms with Gasteiger partial charge in [0.1, 0.15) is 0 Å². The average Bonchev–Trinajstić information content (AvgIpc) is 2.34. The Bertz CT molecular complexity index is 518. The first-order chi connectivity index (χ1) is 8.65. The van der Waals surface area contributed by atoms with Crippen molar-refractivity contribution in [3.63, 3.8) is 0 Å². The third kappa shape index (κ3) is 3.91. The van der Waals surface area contributed by atoms with Crippen LogP contribution >= 0.6 is 34.8 Å². The molecule has 0 radical (unpaired) electrons. The molecule has 0 aliphatic carbocycles. The van der Waals surface area contributed by atoms with E-state index in [9.17, 15) is 0 Å². The van der Waals surface area contributed by atoms with E-state index in [0.717, 1.165) is 34.9 Å². The summed E-state index contributed by atoms with van der Waals surface area (Å²) in [6.45, 7) is 0. The molecule has 2 aromatic carbocycles. The second kappa shape index (κ2) is 6.47. The smallest absolute Gasteiger partial charge is 0.0452 e. The SMILES string of the molecule is Clc1ccc(CCCc2ccc(Cl)cc2Cl)cc1. The first-order valence-corrected chi connectivity index (χ1v) is 6.97. The molecule has 0 aliphatic rings. The monoisotopic (exact) mass is 298 g/mol. The summed E-state index contributed by atoms with van der Waals surface area (Å²) in [7, 11) is 0. The largest absolute Gasteiger partial charge is 0.0843 e. The number of halogens is 3. The van der Waals surface area contributed by atoms with Crippen molar-refractivity contribution in [2.24, 2.45) is 0 Å². The fourth-order valence-electron chi connectivity index (χ4n) is 1.86. The van der Waals surface area contributed by atoms with Gasteiger partial charge in [0.05, 0.1) is 0 Å². The minimum Gasteiger partial charge on any atom is -0.0843 e. The highest BCUT2D eigenvalue weighted by molar-refractivity contribution is 6.35. The highest BCUT2D eigenvalue weighted by Gasteiger charge is 2.01. The van der Waals surface area contributed by atoms with Crippen molar-refractivity contribution in [2.75, 3.05) is 0 Å². The Hall–Kier alpha value is -0.690. The standard InChI is InChI=1S/C15H13Cl3/c16-13-7-4-11(5-8-13)2-1-3-12-6-9-14(17)10-15(12)18/h4-10H,1-3H2. The van der Waals surface area contributed by atoms with Gasteiger partial charge in [0, 0.05) is 15.1 Å². The molecule has 3 heteroatoms. The highest BCUT2D eigenvalue weighted by atomic mass is 35.5. The van der Waals surface area contributed by atoms with Gasteiger partial charge in [-0.2, -0.15) is 0 Å². The topological polar surface area (TPSA) is 0 Å². The molecule has 0 spiro atoms. The van der Waals surface area contributed by atoms with E-state index in [1.165, 1.54) is 5.56 Å². The van der Waals surface area contributed by atoms with Gasteiger partial charge in [0.2, 0.25) is 0 Å². The number of aryl methyl sites for hydroxylation is 2. The van der Waals surface area contributed by atoms with Crippen LogP contribution in [0.3, 0.4) is 0 Å². The van der Waals surface area contributed by atoms with Crippen LogP contribution < -0.4 is 0 Å². The molecule has 2 rings (SSSR count). The van der Waals surface area contributed by atoms with E-state index >= 15 is 0 Å². The number of hydrogen-bond acceptors (Lipinski definition) is 0. The summed E-state index contributed by atoms with van der Waals surface area (Å²) in [5, 5.41) is 2.21. The van der Waals surface area contributed by atoms with Crippen LogP contribution in [0.4, 0.5) is 0 Å². The quantitative estimate of drug-likeness (QED) is 0.667. The highest BCUT2D eigenvalue weighted by Crippen LogP contribution is 2.22. The Morgan fingerprint density at radius 3 is 2.06 bits per heavy atom. The Kier molecular flexibility index (Phi) is 4.94. The van der Waals surface area contributed by atoms with Crippen LogP contribution in [0.1, 0.15) is 17.5 Å². The maximum Gasteiger partial charge on any atom is 0.0452 e. The minimum absolute atomic E-state index is 0.682. The summed E-state index contributed by atoms with van der Waals surface area (Å²) < 4.78 is 0. The van der Waals surface area contributed by atoms with E-state index < -0.39 is 0 Å². The third-order valence-corrected chi connectivity index (χ3v) is 3.68. The fraction of sp³-hybridized carbons (Fsp3) is 0.200. The summed E-state index contributed by atoms with van der Waals surface area (Å²) >= 11 is 17.8. The van der Waals surface area contributed by atoms with Crippen LogP contribution in [0.15, 0.2) is 42.5 Å². The number of benzene rings is 2. The van der Waals surface area contributed by atoms with Crippen LogP contribution in [0.2, 0.25) is 15.1 Å². The molecule has 0 aromatic heterocycles. The first-order valence-electron chi connectivity index (χ1n) is 5.83. The average molecular weight is 300 g/mol. The van der Waals surface area contributed by atoms with Crippen molar-refractivity contribution in [3.8, 4) is 0 Å². The third-order valence-electron chi connectivity index (χ3n) is 2.84. The lowest BCUT2D eigenvalue weighted by Crippen LogP contribution is -1.91. The zero-order valence-corrected chi connectivity index (χ0v) is 12.1. The molecule has 18 heavy (non-hydrogen) atoms. The summed E-state index contributed by atoms with van der Waals surface area (Å²) in [5.41, 5.74) is 2.44. The van der Waals surface area contributed by atoms with Gasteiger partial charge in [-0.15, -0.1) is 0 Å². The van der Waals surface area contributed by atoms with E-state index in [1.54, 1.807) is 6.07 Å². The molecule has 0 bridgehead atoms. The molecule has 0 saturated carbocycles. The van der Waals surface area contributed by atoms with Crippen LogP contribution in [0.5, 0.6) is 0 Å². The molecule has 0 saturated heterocycles. The van der Waals surface area contributed by atoms with Gasteiger partial charge in [-0.05, 0) is 54.7 Å². The van der Waals surface area contributed by atoms with Crippen molar-refractivity contribution >= 4 is 34.8 Å². The minimum atomic E-state index is 0.682. The molecule has 0 nitrogen and oxygen atoms in total. The Morgan fingerprint density at radius 2 is 1.39 bits per heavy atom. The zero-order valence-electron chi connectivity index (χ0n) is 9.80. The van der Waals surface area contributed by atoms with Crippen LogP contribution in [0, 0.1) is 0 Å². The first kappa shape index (κ1) is 13.7. The fourth-order valence-corrected chi connectivity index (χ4v) is 2.49. The maximum absolute atomic E-state index is 6.13. The van der Waals surface area contributed by atoms with E-state index in [0.29, 0.717) is 5.02 Å². The Balaban J connectivity index is 1.90. The van der Waals surface area contributed by atoms with Gasteiger partial charge in [0.25, 0.3) is 0 Å². The normalized spacial score (nSPS) is 10.6. The molecule has 0 unspecified atom stereocenters. The van der Waals surface area contributed by atoms with E-state index in [4.69, 9.17) is 34.8 Å². The molecule has 94 valence electrons. The van der Waals surface area contributed by atoms with Gasteiger partial charge >= 0.3 is 0 Å². The molecular weight excluding hydrogens is 287 g/mol. The predicted octanol–water partition coefficient (Wildman–Crippen LogP) is 5.82. The lowest BCUT2D eigenvalue weighted by molar-refractivity contribution is 0.821. The van der Waals surface area contributed by atoms with Crippen molar-refractivity contribution in [3.05, 3.63) is 68.7 Å². The van der Waals surface area contributed by atoms with Gasteiger partial charge < -0.3 is 0 Å². The summed E-state index contributed by atoms with van der Waals surface area (Å²) in [5.74, 6) is 0. The molecule has 0 N–H and O–H groups in total. The van der Waals surface area contributed by atoms with E-state index in [2.05, 4.69) is 12.1 Å². The Labute approximate surface area is 122 Å². The lowest BCUT2D eigenvalue weighted by Gasteiger charge is -2.05. The van der Waals surface area contributed by atoms with Crippen molar-refractivity contribution in [1.82, 2.24) is 0 Å². The molecule has 0 atom stereocenters. The molecular formula is C15H13Cl3. The van der Waals surface area contributed by atoms with E-state index in [-0.39, 0.29) is 0 Å². The number of hydrogen-bond donors (Lipinski definition) is 0. The molecule has 0 aliphatic heterocycles. The van der Waals surface area contributed by atoms with Crippen molar-refractivity contribution < 1.29 is 0 Å². The predicted molar refractivity (Wildman–Crippen MR) is 79.9 cm³/mol. The van der Waals surface area contributed by atoms with Crippen molar-refractivity contribution in [1.29, 1.82) is 0 Å². The van der Waals surface area contributed by atoms with E-state index in [1.807, 2.05) is 24.3 Å². The molecule has 2 aromatic rings. The zero-order chi connectivity index (χ0) is 13.0. The van der Waals surface area contributed by atoms with Gasteiger partial charge in [-0.25, -0.2) is 0 Å². The van der Waals surface area contributed by atoms with Gasteiger partial charge in [0.15, 0.2) is 0 Å². The van der Waals surface area contributed by atoms with Crippen molar-refractivity contribution in [2.45, 2.75) is 19.3 Å². The Morgan fingerprint density at radius 1 is 0.722 bits per heavy atom. The van der Waals surface area contributed by atoms with Gasteiger partial charge in [-0.1, -0.05) is 53.0 Å². The second-order valence-corrected chi connectivity index (χ2v) is 5.50. The lowest BCUT2D eigenvalue weighted by atomic mass is 10.0.